The van der Waals surface area contributed by atoms with E-state index >= 15 is 0 Å². The van der Waals surface area contributed by atoms with E-state index in [0.29, 0.717) is 5.69 Å². The number of carbonyl (C=O) groups excluding carboxylic acids is 1. The molecule has 0 aliphatic carbocycles. The molecule has 24 heavy (non-hydrogen) atoms. The fraction of sp³-hybridized carbons (Fsp3) is 0.312. The Labute approximate surface area is 135 Å². The molecule has 1 amide bonds. The third-order valence-electron chi connectivity index (χ3n) is 3.83. The van der Waals surface area contributed by atoms with Crippen molar-refractivity contribution >= 4 is 5.91 Å². The van der Waals surface area contributed by atoms with Crippen LogP contribution in [0.4, 0.5) is 13.2 Å². The maximum Gasteiger partial charge on any atom is 0.416 e. The highest BCUT2D eigenvalue weighted by Gasteiger charge is 2.44. The number of alkyl halides is 3. The van der Waals surface area contributed by atoms with E-state index < -0.39 is 24.7 Å². The summed E-state index contributed by atoms with van der Waals surface area (Å²) in [4.78, 5) is 13.6. The molecule has 128 valence electrons. The van der Waals surface area contributed by atoms with Gasteiger partial charge in [0.05, 0.1) is 18.7 Å². The second kappa shape index (κ2) is 6.20. The quantitative estimate of drug-likeness (QED) is 0.914. The van der Waals surface area contributed by atoms with Crippen molar-refractivity contribution in [1.29, 1.82) is 0 Å². The number of phenols is 1. The highest BCUT2D eigenvalue weighted by Crippen LogP contribution is 2.28. The Balaban J connectivity index is 1.85. The summed E-state index contributed by atoms with van der Waals surface area (Å²) < 4.78 is 44.8. The zero-order chi connectivity index (χ0) is 17.3. The third kappa shape index (κ3) is 3.23. The van der Waals surface area contributed by atoms with Gasteiger partial charge >= 0.3 is 6.18 Å². The molecule has 0 saturated carbocycles. The number of rotatable bonds is 2. The number of morpholine rings is 1. The molecule has 0 spiro atoms. The van der Waals surface area contributed by atoms with Crippen LogP contribution in [0, 0.1) is 0 Å². The van der Waals surface area contributed by atoms with E-state index in [0.717, 1.165) is 4.90 Å². The van der Waals surface area contributed by atoms with Gasteiger partial charge in [-0.25, -0.2) is 0 Å². The van der Waals surface area contributed by atoms with Crippen LogP contribution in [0.2, 0.25) is 0 Å². The van der Waals surface area contributed by atoms with Gasteiger partial charge in [-0.05, 0) is 30.3 Å². The third-order valence-corrected chi connectivity index (χ3v) is 3.83. The van der Waals surface area contributed by atoms with Crippen LogP contribution < -0.4 is 0 Å². The smallest absolute Gasteiger partial charge is 0.416 e. The van der Waals surface area contributed by atoms with Gasteiger partial charge in [0.25, 0.3) is 5.91 Å². The topological polar surface area (TPSA) is 54.7 Å². The van der Waals surface area contributed by atoms with Gasteiger partial charge in [0.2, 0.25) is 0 Å². The zero-order valence-corrected chi connectivity index (χ0v) is 12.5. The lowest BCUT2D eigenvalue weighted by Gasteiger charge is -2.34. The van der Waals surface area contributed by atoms with Crippen molar-refractivity contribution < 1.29 is 27.8 Å². The van der Waals surface area contributed by atoms with Crippen LogP contribution in [0.15, 0.2) is 42.7 Å². The minimum absolute atomic E-state index is 0.0379. The van der Waals surface area contributed by atoms with Gasteiger partial charge < -0.3 is 19.3 Å². The normalized spacial score (nSPS) is 18.6. The molecule has 1 N–H and O–H groups in total. The summed E-state index contributed by atoms with van der Waals surface area (Å²) >= 11 is 0. The van der Waals surface area contributed by atoms with Crippen molar-refractivity contribution in [3.05, 3.63) is 48.3 Å². The number of hydrogen-bond donors (Lipinski definition) is 1. The van der Waals surface area contributed by atoms with Crippen molar-refractivity contribution in [2.24, 2.45) is 0 Å². The summed E-state index contributed by atoms with van der Waals surface area (Å²) in [5, 5.41) is 9.95. The maximum absolute atomic E-state index is 12.8. The van der Waals surface area contributed by atoms with E-state index in [1.165, 1.54) is 12.1 Å². The molecule has 0 radical (unpaired) electrons. The fourth-order valence-corrected chi connectivity index (χ4v) is 2.56. The molecule has 1 aromatic heterocycles. The van der Waals surface area contributed by atoms with Crippen molar-refractivity contribution in [3.63, 3.8) is 0 Å². The first-order chi connectivity index (χ1) is 11.4. The Hall–Kier alpha value is -2.48. The van der Waals surface area contributed by atoms with Gasteiger partial charge in [-0.15, -0.1) is 0 Å². The second-order valence-corrected chi connectivity index (χ2v) is 5.44. The molecule has 2 aromatic rings. The first-order valence-electron chi connectivity index (χ1n) is 7.30. The standard InChI is InChI=1S/C16H15F3N2O3/c17-16(18,19)14-10-21(7-8-24-14)15(23)12-9-11(3-4-13(12)22)20-5-1-2-6-20/h1-6,9,14,22H,7-8,10H2. The highest BCUT2D eigenvalue weighted by molar-refractivity contribution is 5.97. The van der Waals surface area contributed by atoms with Crippen LogP contribution in [0.5, 0.6) is 5.75 Å². The van der Waals surface area contributed by atoms with E-state index in [2.05, 4.69) is 4.74 Å². The van der Waals surface area contributed by atoms with Crippen LogP contribution in [-0.2, 0) is 4.74 Å². The first kappa shape index (κ1) is 16.4. The van der Waals surface area contributed by atoms with Crippen molar-refractivity contribution in [3.8, 4) is 11.4 Å². The van der Waals surface area contributed by atoms with Gasteiger partial charge in [0, 0.05) is 24.6 Å². The largest absolute Gasteiger partial charge is 0.507 e. The average molecular weight is 340 g/mol. The predicted octanol–water partition coefficient (Wildman–Crippen LogP) is 2.59. The Morgan fingerprint density at radius 3 is 2.62 bits per heavy atom. The van der Waals surface area contributed by atoms with E-state index in [1.54, 1.807) is 35.2 Å². The van der Waals surface area contributed by atoms with Crippen LogP contribution in [0.3, 0.4) is 0 Å². The molecule has 1 aliphatic heterocycles. The van der Waals surface area contributed by atoms with Crippen molar-refractivity contribution in [2.45, 2.75) is 12.3 Å². The van der Waals surface area contributed by atoms with E-state index in [-0.39, 0.29) is 24.5 Å². The summed E-state index contributed by atoms with van der Waals surface area (Å²) in [5.74, 6) is -0.926. The molecule has 1 atom stereocenters. The molecular weight excluding hydrogens is 325 g/mol. The number of aromatic hydroxyl groups is 1. The summed E-state index contributed by atoms with van der Waals surface area (Å²) in [6.45, 7) is -0.748. The van der Waals surface area contributed by atoms with Crippen molar-refractivity contribution in [1.82, 2.24) is 9.47 Å². The zero-order valence-electron chi connectivity index (χ0n) is 12.5. The van der Waals surface area contributed by atoms with E-state index in [9.17, 15) is 23.1 Å². The minimum Gasteiger partial charge on any atom is -0.507 e. The molecule has 5 nitrogen and oxygen atoms in total. The number of nitrogens with zero attached hydrogens (tertiary/aromatic N) is 2. The van der Waals surface area contributed by atoms with Crippen LogP contribution in [0.1, 0.15) is 10.4 Å². The Bertz CT molecular complexity index is 729. The number of phenolic OH excluding ortho intramolecular Hbond substituents is 1. The molecule has 1 fully saturated rings. The number of hydrogen-bond acceptors (Lipinski definition) is 3. The SMILES string of the molecule is O=C(c1cc(-n2cccc2)ccc1O)N1CCOC(C(F)(F)F)C1. The Kier molecular flexibility index (Phi) is 4.23. The molecule has 1 saturated heterocycles. The minimum atomic E-state index is -4.53. The van der Waals surface area contributed by atoms with Crippen LogP contribution >= 0.6 is 0 Å². The molecule has 2 heterocycles. The lowest BCUT2D eigenvalue weighted by Crippen LogP contribution is -2.51. The monoisotopic (exact) mass is 340 g/mol. The molecule has 0 bridgehead atoms. The molecule has 1 aromatic carbocycles. The Morgan fingerprint density at radius 2 is 1.96 bits per heavy atom. The second-order valence-electron chi connectivity index (χ2n) is 5.44. The lowest BCUT2D eigenvalue weighted by atomic mass is 10.1. The summed E-state index contributed by atoms with van der Waals surface area (Å²) in [6, 6.07) is 8.01. The molecule has 3 rings (SSSR count). The van der Waals surface area contributed by atoms with Gasteiger partial charge in [-0.3, -0.25) is 4.79 Å². The number of ether oxygens (including phenoxy) is 1. The van der Waals surface area contributed by atoms with Crippen molar-refractivity contribution in [2.75, 3.05) is 19.7 Å². The van der Waals surface area contributed by atoms with Crippen LogP contribution in [-0.4, -0.2) is 52.5 Å². The van der Waals surface area contributed by atoms with E-state index in [1.807, 2.05) is 0 Å². The fourth-order valence-electron chi connectivity index (χ4n) is 2.56. The first-order valence-corrected chi connectivity index (χ1v) is 7.30. The van der Waals surface area contributed by atoms with Gasteiger partial charge in [-0.2, -0.15) is 13.2 Å². The highest BCUT2D eigenvalue weighted by atomic mass is 19.4. The van der Waals surface area contributed by atoms with Gasteiger partial charge in [0.15, 0.2) is 6.10 Å². The molecule has 1 unspecified atom stereocenters. The number of carbonyl (C=O) groups is 1. The number of halogens is 3. The number of aromatic nitrogens is 1. The predicted molar refractivity (Wildman–Crippen MR) is 79.1 cm³/mol. The summed E-state index contributed by atoms with van der Waals surface area (Å²) in [6.07, 6.45) is -3.03. The maximum atomic E-state index is 12.8. The van der Waals surface area contributed by atoms with Gasteiger partial charge in [-0.1, -0.05) is 0 Å². The molecule has 8 heteroatoms. The lowest BCUT2D eigenvalue weighted by molar-refractivity contribution is -0.233. The number of amides is 1. The summed E-state index contributed by atoms with van der Waals surface area (Å²) in [7, 11) is 0. The average Bonchev–Trinajstić information content (AvgIpc) is 3.08. The van der Waals surface area contributed by atoms with Gasteiger partial charge in [0.1, 0.15) is 5.75 Å². The number of benzene rings is 1. The Morgan fingerprint density at radius 1 is 1.25 bits per heavy atom. The molecular formula is C16H15F3N2O3. The van der Waals surface area contributed by atoms with E-state index in [4.69, 9.17) is 0 Å². The summed E-state index contributed by atoms with van der Waals surface area (Å²) in [5.41, 5.74) is 0.589. The van der Waals surface area contributed by atoms with Crippen LogP contribution in [0.25, 0.3) is 5.69 Å². The molecule has 1 aliphatic rings.